The molecular weight excluding hydrogens is 381 g/mol. The van der Waals surface area contributed by atoms with Crippen LogP contribution in [0.1, 0.15) is 20.8 Å². The lowest BCUT2D eigenvalue weighted by atomic mass is 10.2. The van der Waals surface area contributed by atoms with Gasteiger partial charge >= 0.3 is 12.5 Å². The van der Waals surface area contributed by atoms with E-state index in [1.807, 2.05) is 0 Å². The zero-order valence-corrected chi connectivity index (χ0v) is 14.5. The number of benzene rings is 1. The monoisotopic (exact) mass is 398 g/mol. The number of ether oxygens (including phenoxy) is 2. The van der Waals surface area contributed by atoms with Crippen molar-refractivity contribution in [2.75, 3.05) is 18.4 Å². The standard InChI is InChI=1S/C14H18BrF3N2O3/c1-13(2,3)23-12(21)20-7-6-19-10-5-4-9(15)8-11(10)22-14(16,17)18/h4-5,8,19H,6-7H2,1-3H3,(H,20,21). The Balaban J connectivity index is 2.53. The lowest BCUT2D eigenvalue weighted by molar-refractivity contribution is -0.274. The van der Waals surface area contributed by atoms with Crippen LogP contribution in [0.3, 0.4) is 0 Å². The highest BCUT2D eigenvalue weighted by Gasteiger charge is 2.32. The minimum Gasteiger partial charge on any atom is -0.444 e. The highest BCUT2D eigenvalue weighted by Crippen LogP contribution is 2.32. The smallest absolute Gasteiger partial charge is 0.444 e. The summed E-state index contributed by atoms with van der Waals surface area (Å²) < 4.78 is 46.5. The molecule has 23 heavy (non-hydrogen) atoms. The van der Waals surface area contributed by atoms with Gasteiger partial charge in [-0.3, -0.25) is 0 Å². The molecule has 0 aromatic heterocycles. The number of amides is 1. The van der Waals surface area contributed by atoms with Gasteiger partial charge in [0, 0.05) is 17.6 Å². The third kappa shape index (κ3) is 8.53. The van der Waals surface area contributed by atoms with E-state index < -0.39 is 18.1 Å². The Morgan fingerprint density at radius 2 is 1.87 bits per heavy atom. The first kappa shape index (κ1) is 19.4. The Morgan fingerprint density at radius 1 is 1.22 bits per heavy atom. The first-order chi connectivity index (χ1) is 10.5. The molecular formula is C14H18BrF3N2O3. The van der Waals surface area contributed by atoms with Crippen LogP contribution in [-0.2, 0) is 4.74 Å². The Hall–Kier alpha value is -1.64. The number of carbonyl (C=O) groups is 1. The number of hydrogen-bond donors (Lipinski definition) is 2. The Kier molecular flexibility index (Phi) is 6.55. The highest BCUT2D eigenvalue weighted by atomic mass is 79.9. The van der Waals surface area contributed by atoms with E-state index in [-0.39, 0.29) is 24.5 Å². The van der Waals surface area contributed by atoms with Gasteiger partial charge < -0.3 is 20.1 Å². The molecule has 0 heterocycles. The summed E-state index contributed by atoms with van der Waals surface area (Å²) in [5.74, 6) is -0.357. The number of halogens is 4. The van der Waals surface area contributed by atoms with Crippen molar-refractivity contribution in [1.82, 2.24) is 5.32 Å². The molecule has 0 aliphatic carbocycles. The SMILES string of the molecule is CC(C)(C)OC(=O)NCCNc1ccc(Br)cc1OC(F)(F)F. The van der Waals surface area contributed by atoms with Gasteiger partial charge in [-0.15, -0.1) is 13.2 Å². The molecule has 1 aromatic carbocycles. The summed E-state index contributed by atoms with van der Waals surface area (Å²) in [4.78, 5) is 11.4. The average Bonchev–Trinajstić information content (AvgIpc) is 2.32. The number of hydrogen-bond acceptors (Lipinski definition) is 4. The zero-order chi connectivity index (χ0) is 17.7. The van der Waals surface area contributed by atoms with Gasteiger partial charge in [-0.25, -0.2) is 4.79 Å². The van der Waals surface area contributed by atoms with E-state index in [1.54, 1.807) is 26.8 Å². The van der Waals surface area contributed by atoms with Crippen LogP contribution in [-0.4, -0.2) is 31.1 Å². The molecule has 0 saturated heterocycles. The van der Waals surface area contributed by atoms with Crippen LogP contribution in [0.15, 0.2) is 22.7 Å². The predicted molar refractivity (Wildman–Crippen MR) is 83.6 cm³/mol. The van der Waals surface area contributed by atoms with Gasteiger partial charge in [0.1, 0.15) is 5.60 Å². The molecule has 1 rings (SSSR count). The van der Waals surface area contributed by atoms with Crippen molar-refractivity contribution in [2.45, 2.75) is 32.7 Å². The van der Waals surface area contributed by atoms with Crippen molar-refractivity contribution < 1.29 is 27.4 Å². The van der Waals surface area contributed by atoms with Crippen molar-refractivity contribution in [3.05, 3.63) is 22.7 Å². The van der Waals surface area contributed by atoms with Gasteiger partial charge in [0.15, 0.2) is 5.75 Å². The van der Waals surface area contributed by atoms with E-state index in [4.69, 9.17) is 4.74 Å². The molecule has 0 atom stereocenters. The summed E-state index contributed by atoms with van der Waals surface area (Å²) in [5, 5.41) is 5.26. The lowest BCUT2D eigenvalue weighted by Crippen LogP contribution is -2.35. The molecule has 0 fully saturated rings. The topological polar surface area (TPSA) is 59.6 Å². The minimum absolute atomic E-state index is 0.163. The van der Waals surface area contributed by atoms with Crippen LogP contribution < -0.4 is 15.4 Å². The summed E-state index contributed by atoms with van der Waals surface area (Å²) >= 11 is 3.08. The van der Waals surface area contributed by atoms with E-state index in [1.165, 1.54) is 12.1 Å². The molecule has 1 amide bonds. The second-order valence-electron chi connectivity index (χ2n) is 5.54. The normalized spacial score (nSPS) is 11.8. The van der Waals surface area contributed by atoms with Crippen molar-refractivity contribution in [1.29, 1.82) is 0 Å². The number of anilines is 1. The number of rotatable bonds is 5. The fourth-order valence-electron chi connectivity index (χ4n) is 1.53. The second-order valence-corrected chi connectivity index (χ2v) is 6.46. The van der Waals surface area contributed by atoms with E-state index >= 15 is 0 Å². The first-order valence-electron chi connectivity index (χ1n) is 6.72. The van der Waals surface area contributed by atoms with Gasteiger partial charge in [-0.2, -0.15) is 0 Å². The van der Waals surface area contributed by atoms with Crippen LogP contribution in [0, 0.1) is 0 Å². The summed E-state index contributed by atoms with van der Waals surface area (Å²) in [5.41, 5.74) is -0.451. The predicted octanol–water partition coefficient (Wildman–Crippen LogP) is 4.28. The lowest BCUT2D eigenvalue weighted by Gasteiger charge is -2.20. The Bertz CT molecular complexity index is 545. The van der Waals surface area contributed by atoms with Crippen LogP contribution in [0.2, 0.25) is 0 Å². The first-order valence-corrected chi connectivity index (χ1v) is 7.51. The van der Waals surface area contributed by atoms with Crippen LogP contribution in [0.5, 0.6) is 5.75 Å². The molecule has 5 nitrogen and oxygen atoms in total. The van der Waals surface area contributed by atoms with Crippen molar-refractivity contribution >= 4 is 27.7 Å². The molecule has 0 radical (unpaired) electrons. The second kappa shape index (κ2) is 7.76. The molecule has 2 N–H and O–H groups in total. The number of alkyl carbamates (subject to hydrolysis) is 1. The van der Waals surface area contributed by atoms with E-state index in [9.17, 15) is 18.0 Å². The molecule has 0 bridgehead atoms. The summed E-state index contributed by atoms with van der Waals surface area (Å²) in [6.45, 7) is 5.57. The van der Waals surface area contributed by atoms with Crippen molar-refractivity contribution in [3.63, 3.8) is 0 Å². The Morgan fingerprint density at radius 3 is 2.43 bits per heavy atom. The molecule has 0 spiro atoms. The maximum Gasteiger partial charge on any atom is 0.573 e. The largest absolute Gasteiger partial charge is 0.573 e. The van der Waals surface area contributed by atoms with Gasteiger partial charge in [0.05, 0.1) is 5.69 Å². The quantitative estimate of drug-likeness (QED) is 0.726. The van der Waals surface area contributed by atoms with Crippen LogP contribution in [0.4, 0.5) is 23.7 Å². The number of carbonyl (C=O) groups excluding carboxylic acids is 1. The molecule has 1 aromatic rings. The maximum atomic E-state index is 12.4. The summed E-state index contributed by atoms with van der Waals surface area (Å²) in [6, 6.07) is 4.22. The molecule has 0 unspecified atom stereocenters. The fourth-order valence-corrected chi connectivity index (χ4v) is 1.87. The van der Waals surface area contributed by atoms with Gasteiger partial charge in [-0.1, -0.05) is 15.9 Å². The number of nitrogens with one attached hydrogen (secondary N) is 2. The average molecular weight is 399 g/mol. The number of alkyl halides is 3. The third-order valence-electron chi connectivity index (χ3n) is 2.28. The Labute approximate surface area is 140 Å². The van der Waals surface area contributed by atoms with Crippen LogP contribution >= 0.6 is 15.9 Å². The molecule has 130 valence electrons. The maximum absolute atomic E-state index is 12.4. The van der Waals surface area contributed by atoms with Crippen molar-refractivity contribution in [3.8, 4) is 5.75 Å². The molecule has 9 heteroatoms. The van der Waals surface area contributed by atoms with Gasteiger partial charge in [0.25, 0.3) is 0 Å². The van der Waals surface area contributed by atoms with Gasteiger partial charge in [0.2, 0.25) is 0 Å². The van der Waals surface area contributed by atoms with Gasteiger partial charge in [-0.05, 0) is 39.0 Å². The summed E-state index contributed by atoms with van der Waals surface area (Å²) in [6.07, 6.45) is -5.38. The van der Waals surface area contributed by atoms with E-state index in [2.05, 4.69) is 31.3 Å². The summed E-state index contributed by atoms with van der Waals surface area (Å²) in [7, 11) is 0. The van der Waals surface area contributed by atoms with E-state index in [0.717, 1.165) is 0 Å². The molecule has 0 aliphatic heterocycles. The molecule has 0 saturated carbocycles. The highest BCUT2D eigenvalue weighted by molar-refractivity contribution is 9.10. The third-order valence-corrected chi connectivity index (χ3v) is 2.77. The zero-order valence-electron chi connectivity index (χ0n) is 12.9. The van der Waals surface area contributed by atoms with Crippen molar-refractivity contribution in [2.24, 2.45) is 0 Å². The van der Waals surface area contributed by atoms with E-state index in [0.29, 0.717) is 4.47 Å². The van der Waals surface area contributed by atoms with Crippen LogP contribution in [0.25, 0.3) is 0 Å². The minimum atomic E-state index is -4.79. The molecule has 0 aliphatic rings. The fraction of sp³-hybridized carbons (Fsp3) is 0.500.